The fourth-order valence-electron chi connectivity index (χ4n) is 2.48. The van der Waals surface area contributed by atoms with E-state index in [1.165, 1.54) is 12.5 Å². The Balaban J connectivity index is 1.41. The molecule has 0 fully saturated rings. The minimum Gasteiger partial charge on any atom is -0.459 e. The summed E-state index contributed by atoms with van der Waals surface area (Å²) in [6.07, 6.45) is 2.94. The van der Waals surface area contributed by atoms with Crippen molar-refractivity contribution in [2.24, 2.45) is 0 Å². The molecule has 150 valence electrons. The van der Waals surface area contributed by atoms with E-state index in [-0.39, 0.29) is 17.6 Å². The quantitative estimate of drug-likeness (QED) is 0.402. The molecule has 0 atom stereocenters. The second-order valence-electron chi connectivity index (χ2n) is 5.96. The molecule has 9 heteroatoms. The number of hydrogen-bond donors (Lipinski definition) is 2. The van der Waals surface area contributed by atoms with E-state index in [9.17, 15) is 9.59 Å². The fraction of sp³-hybridized carbons (Fsp3) is 0. The van der Waals surface area contributed by atoms with Gasteiger partial charge in [-0.2, -0.15) is 0 Å². The van der Waals surface area contributed by atoms with E-state index in [1.54, 1.807) is 60.7 Å². The number of para-hydroxylation sites is 1. The standard InChI is InChI=1S/C21H14ClN3O4S/c22-14-4-1-2-5-15(14)29-18-12-13(9-10-23-18)24-21(27)17-7-8-19(30-17)25-20(26)16-6-3-11-28-16/h1-12H,(H,25,26)(H,23,24,27). The fourth-order valence-corrected chi connectivity index (χ4v) is 3.46. The third-order valence-corrected chi connectivity index (χ3v) is 5.17. The van der Waals surface area contributed by atoms with E-state index in [2.05, 4.69) is 15.6 Å². The molecule has 0 aliphatic heterocycles. The van der Waals surface area contributed by atoms with Crippen molar-refractivity contribution < 1.29 is 18.7 Å². The van der Waals surface area contributed by atoms with Crippen LogP contribution in [-0.2, 0) is 0 Å². The summed E-state index contributed by atoms with van der Waals surface area (Å²) in [5.41, 5.74) is 0.506. The Hall–Kier alpha value is -3.62. The molecule has 30 heavy (non-hydrogen) atoms. The summed E-state index contributed by atoms with van der Waals surface area (Å²) >= 11 is 7.24. The van der Waals surface area contributed by atoms with Gasteiger partial charge in [-0.3, -0.25) is 9.59 Å². The van der Waals surface area contributed by atoms with Crippen molar-refractivity contribution in [1.82, 2.24) is 4.98 Å². The Morgan fingerprint density at radius 2 is 1.87 bits per heavy atom. The average molecular weight is 440 g/mol. The predicted molar refractivity (Wildman–Crippen MR) is 115 cm³/mol. The Morgan fingerprint density at radius 3 is 2.67 bits per heavy atom. The maximum absolute atomic E-state index is 12.6. The molecule has 0 aliphatic carbocycles. The number of anilines is 2. The SMILES string of the molecule is O=C(Nc1ccc(C(=O)Nc2ccnc(Oc3ccccc3Cl)c2)s1)c1ccco1. The van der Waals surface area contributed by atoms with Gasteiger partial charge in [0.15, 0.2) is 5.76 Å². The number of nitrogens with zero attached hydrogens (tertiary/aromatic N) is 1. The summed E-state index contributed by atoms with van der Waals surface area (Å²) in [6, 6.07) is 16.7. The summed E-state index contributed by atoms with van der Waals surface area (Å²) in [5.74, 6) is 0.235. The third kappa shape index (κ3) is 4.68. The zero-order valence-electron chi connectivity index (χ0n) is 15.3. The number of ether oxygens (including phenoxy) is 1. The smallest absolute Gasteiger partial charge is 0.291 e. The minimum atomic E-state index is -0.385. The summed E-state index contributed by atoms with van der Waals surface area (Å²) in [6.45, 7) is 0. The molecule has 3 heterocycles. The minimum absolute atomic E-state index is 0.192. The molecule has 4 aromatic rings. The average Bonchev–Trinajstić information content (AvgIpc) is 3.42. The molecule has 0 saturated heterocycles. The van der Waals surface area contributed by atoms with Crippen LogP contribution < -0.4 is 15.4 Å². The summed E-state index contributed by atoms with van der Waals surface area (Å²) in [5, 5.41) is 6.45. The van der Waals surface area contributed by atoms with E-state index in [4.69, 9.17) is 20.8 Å². The highest BCUT2D eigenvalue weighted by molar-refractivity contribution is 7.18. The zero-order chi connectivity index (χ0) is 20.9. The highest BCUT2D eigenvalue weighted by Gasteiger charge is 2.14. The van der Waals surface area contributed by atoms with E-state index in [0.29, 0.717) is 32.2 Å². The van der Waals surface area contributed by atoms with Gasteiger partial charge in [0.25, 0.3) is 11.8 Å². The molecular formula is C21H14ClN3O4S. The molecule has 0 unspecified atom stereocenters. The van der Waals surface area contributed by atoms with Crippen LogP contribution in [0.1, 0.15) is 20.2 Å². The van der Waals surface area contributed by atoms with Crippen molar-refractivity contribution in [3.63, 3.8) is 0 Å². The van der Waals surface area contributed by atoms with E-state index in [0.717, 1.165) is 11.3 Å². The largest absolute Gasteiger partial charge is 0.459 e. The van der Waals surface area contributed by atoms with Gasteiger partial charge in [0.2, 0.25) is 5.88 Å². The first-order valence-electron chi connectivity index (χ1n) is 8.73. The van der Waals surface area contributed by atoms with E-state index in [1.807, 2.05) is 0 Å². The number of amides is 2. The van der Waals surface area contributed by atoms with Gasteiger partial charge in [-0.15, -0.1) is 11.3 Å². The number of carbonyl (C=O) groups excluding carboxylic acids is 2. The lowest BCUT2D eigenvalue weighted by Crippen LogP contribution is -2.10. The molecule has 1 aromatic carbocycles. The van der Waals surface area contributed by atoms with Crippen LogP contribution in [0.25, 0.3) is 0 Å². The van der Waals surface area contributed by atoms with Crippen LogP contribution in [-0.4, -0.2) is 16.8 Å². The lowest BCUT2D eigenvalue weighted by Gasteiger charge is -2.08. The molecule has 0 aliphatic rings. The number of halogens is 1. The monoisotopic (exact) mass is 439 g/mol. The molecule has 2 amide bonds. The van der Waals surface area contributed by atoms with Gasteiger partial charge < -0.3 is 19.8 Å². The van der Waals surface area contributed by atoms with E-state index < -0.39 is 0 Å². The number of hydrogen-bond acceptors (Lipinski definition) is 6. The van der Waals surface area contributed by atoms with Crippen molar-refractivity contribution in [2.45, 2.75) is 0 Å². The van der Waals surface area contributed by atoms with Crippen LogP contribution in [0.4, 0.5) is 10.7 Å². The number of thiophene rings is 1. The van der Waals surface area contributed by atoms with Crippen LogP contribution in [0.15, 0.2) is 77.5 Å². The second-order valence-corrected chi connectivity index (χ2v) is 7.46. The molecule has 0 spiro atoms. The van der Waals surface area contributed by atoms with Gasteiger partial charge in [-0.25, -0.2) is 4.98 Å². The first-order valence-corrected chi connectivity index (χ1v) is 9.92. The Morgan fingerprint density at radius 1 is 1.00 bits per heavy atom. The predicted octanol–water partition coefficient (Wildman–Crippen LogP) is 5.69. The molecule has 7 nitrogen and oxygen atoms in total. The lowest BCUT2D eigenvalue weighted by atomic mass is 10.3. The van der Waals surface area contributed by atoms with Crippen LogP contribution in [0.5, 0.6) is 11.6 Å². The number of rotatable bonds is 6. The topological polar surface area (TPSA) is 93.5 Å². The van der Waals surface area contributed by atoms with Gasteiger partial charge in [0.1, 0.15) is 5.75 Å². The van der Waals surface area contributed by atoms with Crippen molar-refractivity contribution in [3.05, 3.63) is 88.8 Å². The molecule has 4 rings (SSSR count). The first-order chi connectivity index (χ1) is 14.6. The van der Waals surface area contributed by atoms with Crippen molar-refractivity contribution in [3.8, 4) is 11.6 Å². The second kappa shape index (κ2) is 8.81. The molecule has 0 bridgehead atoms. The van der Waals surface area contributed by atoms with Crippen LogP contribution in [0.2, 0.25) is 5.02 Å². The van der Waals surface area contributed by atoms with Gasteiger partial charge >= 0.3 is 0 Å². The summed E-state index contributed by atoms with van der Waals surface area (Å²) in [7, 11) is 0. The zero-order valence-corrected chi connectivity index (χ0v) is 16.9. The third-order valence-electron chi connectivity index (χ3n) is 3.86. The summed E-state index contributed by atoms with van der Waals surface area (Å²) < 4.78 is 10.7. The number of nitrogens with one attached hydrogen (secondary N) is 2. The summed E-state index contributed by atoms with van der Waals surface area (Å²) in [4.78, 5) is 29.1. The molecule has 3 aromatic heterocycles. The Labute approximate surface area is 180 Å². The normalized spacial score (nSPS) is 10.4. The number of furan rings is 1. The van der Waals surface area contributed by atoms with Crippen LogP contribution in [0.3, 0.4) is 0 Å². The van der Waals surface area contributed by atoms with Crippen molar-refractivity contribution in [1.29, 1.82) is 0 Å². The van der Waals surface area contributed by atoms with Gasteiger partial charge in [0.05, 0.1) is 21.2 Å². The van der Waals surface area contributed by atoms with Crippen molar-refractivity contribution >= 4 is 45.4 Å². The van der Waals surface area contributed by atoms with Gasteiger partial charge in [0, 0.05) is 18.0 Å². The molecular weight excluding hydrogens is 426 g/mol. The number of pyridine rings is 1. The highest BCUT2D eigenvalue weighted by atomic mass is 35.5. The Kier molecular flexibility index (Phi) is 5.78. The Bertz CT molecular complexity index is 1190. The maximum Gasteiger partial charge on any atom is 0.291 e. The lowest BCUT2D eigenvalue weighted by molar-refractivity contribution is 0.0995. The maximum atomic E-state index is 12.6. The molecule has 2 N–H and O–H groups in total. The first kappa shape index (κ1) is 19.7. The molecule has 0 saturated carbocycles. The molecule has 0 radical (unpaired) electrons. The van der Waals surface area contributed by atoms with Gasteiger partial charge in [-0.05, 0) is 42.5 Å². The number of benzene rings is 1. The highest BCUT2D eigenvalue weighted by Crippen LogP contribution is 2.29. The van der Waals surface area contributed by atoms with Crippen LogP contribution in [0, 0.1) is 0 Å². The number of aromatic nitrogens is 1. The van der Waals surface area contributed by atoms with Crippen LogP contribution >= 0.6 is 22.9 Å². The van der Waals surface area contributed by atoms with E-state index >= 15 is 0 Å². The van der Waals surface area contributed by atoms with Gasteiger partial charge in [-0.1, -0.05) is 23.7 Å². The van der Waals surface area contributed by atoms with Crippen molar-refractivity contribution in [2.75, 3.05) is 10.6 Å². The number of carbonyl (C=O) groups is 2.